The molecule has 0 aromatic heterocycles. The van der Waals surface area contributed by atoms with Crippen LogP contribution in [0, 0.1) is 5.92 Å². The minimum atomic E-state index is -0.501. The van der Waals surface area contributed by atoms with E-state index in [2.05, 4.69) is 10.6 Å². The number of hydrogen-bond donors (Lipinski definition) is 3. The molecule has 1 atom stereocenters. The third kappa shape index (κ3) is 5.92. The number of phenolic OH excluding ortho intramolecular Hbond substituents is 1. The van der Waals surface area contributed by atoms with Gasteiger partial charge in [0.1, 0.15) is 11.4 Å². The first-order valence-electron chi connectivity index (χ1n) is 7.93. The Morgan fingerprint density at radius 1 is 1.43 bits per heavy atom. The van der Waals surface area contributed by atoms with Gasteiger partial charge < -0.3 is 20.5 Å². The van der Waals surface area contributed by atoms with Crippen molar-refractivity contribution in [1.82, 2.24) is 10.6 Å². The molecule has 0 saturated heterocycles. The molecule has 1 amide bonds. The molecule has 0 spiro atoms. The van der Waals surface area contributed by atoms with Gasteiger partial charge in [-0.2, -0.15) is 0 Å². The first kappa shape index (κ1) is 17.9. The van der Waals surface area contributed by atoms with Crippen LogP contribution in [0.5, 0.6) is 5.75 Å². The molecule has 0 heterocycles. The van der Waals surface area contributed by atoms with Crippen molar-refractivity contribution in [2.75, 3.05) is 6.54 Å². The Labute approximate surface area is 142 Å². The van der Waals surface area contributed by atoms with Crippen molar-refractivity contribution in [1.29, 1.82) is 0 Å². The van der Waals surface area contributed by atoms with Gasteiger partial charge in [0.25, 0.3) is 0 Å². The summed E-state index contributed by atoms with van der Waals surface area (Å²) in [6.45, 7) is 6.52. The maximum Gasteiger partial charge on any atom is 0.407 e. The molecule has 1 aromatic rings. The average molecular weight is 341 g/mol. The van der Waals surface area contributed by atoms with Crippen LogP contribution in [0.3, 0.4) is 0 Å². The normalized spacial score (nSPS) is 16.0. The van der Waals surface area contributed by atoms with E-state index in [0.717, 1.165) is 18.4 Å². The molecule has 0 radical (unpaired) electrons. The quantitative estimate of drug-likeness (QED) is 0.742. The monoisotopic (exact) mass is 340 g/mol. The first-order valence-corrected chi connectivity index (χ1v) is 8.30. The van der Waals surface area contributed by atoms with Crippen LogP contribution in [0.2, 0.25) is 5.02 Å². The molecule has 0 aliphatic heterocycles. The highest BCUT2D eigenvalue weighted by molar-refractivity contribution is 6.32. The molecule has 1 aliphatic carbocycles. The van der Waals surface area contributed by atoms with Crippen LogP contribution in [-0.2, 0) is 11.3 Å². The molecule has 1 aromatic carbocycles. The molecule has 1 saturated carbocycles. The van der Waals surface area contributed by atoms with Crippen molar-refractivity contribution in [3.05, 3.63) is 28.8 Å². The van der Waals surface area contributed by atoms with Crippen LogP contribution in [0.4, 0.5) is 4.79 Å². The van der Waals surface area contributed by atoms with Crippen LogP contribution >= 0.6 is 11.6 Å². The second kappa shape index (κ2) is 7.41. The number of phenols is 1. The van der Waals surface area contributed by atoms with Gasteiger partial charge in [0.05, 0.1) is 5.02 Å². The van der Waals surface area contributed by atoms with Crippen molar-refractivity contribution >= 4 is 17.7 Å². The highest BCUT2D eigenvalue weighted by Gasteiger charge is 2.31. The van der Waals surface area contributed by atoms with Crippen molar-refractivity contribution in [3.63, 3.8) is 0 Å². The zero-order chi connectivity index (χ0) is 17.0. The van der Waals surface area contributed by atoms with Gasteiger partial charge in [0, 0.05) is 24.7 Å². The van der Waals surface area contributed by atoms with E-state index in [1.165, 1.54) is 0 Å². The maximum absolute atomic E-state index is 11.8. The highest BCUT2D eigenvalue weighted by atomic mass is 35.5. The Morgan fingerprint density at radius 3 is 2.74 bits per heavy atom. The Hall–Kier alpha value is -1.46. The number of amides is 1. The van der Waals surface area contributed by atoms with Crippen LogP contribution in [-0.4, -0.2) is 29.4 Å². The van der Waals surface area contributed by atoms with Gasteiger partial charge in [0.2, 0.25) is 0 Å². The number of ether oxygens (including phenoxy) is 1. The van der Waals surface area contributed by atoms with Gasteiger partial charge >= 0.3 is 6.09 Å². The van der Waals surface area contributed by atoms with Gasteiger partial charge in [-0.3, -0.25) is 0 Å². The molecule has 1 unspecified atom stereocenters. The predicted octanol–water partition coefficient (Wildman–Crippen LogP) is 3.44. The smallest absolute Gasteiger partial charge is 0.407 e. The van der Waals surface area contributed by atoms with Gasteiger partial charge in [0.15, 0.2) is 0 Å². The van der Waals surface area contributed by atoms with Crippen LogP contribution in [0.1, 0.15) is 39.2 Å². The minimum absolute atomic E-state index is 0.108. The molecule has 0 bridgehead atoms. The molecule has 6 heteroatoms. The van der Waals surface area contributed by atoms with E-state index < -0.39 is 11.7 Å². The number of alkyl carbamates (subject to hydrolysis) is 1. The standard InChI is InChI=1S/C17H25ClN2O3/c1-17(2,3)23-16(22)20-10-14(11-7-8-11)19-9-12-5-4-6-13(18)15(12)21/h4-6,11,14,19,21H,7-10H2,1-3H3,(H,20,22). The molecule has 5 nitrogen and oxygen atoms in total. The molecule has 23 heavy (non-hydrogen) atoms. The Balaban J connectivity index is 1.85. The van der Waals surface area contributed by atoms with E-state index in [0.29, 0.717) is 24.0 Å². The molecule has 1 fully saturated rings. The average Bonchev–Trinajstić information content (AvgIpc) is 3.25. The number of rotatable bonds is 6. The zero-order valence-electron chi connectivity index (χ0n) is 13.9. The van der Waals surface area contributed by atoms with E-state index in [1.807, 2.05) is 32.9 Å². The number of nitrogens with one attached hydrogen (secondary N) is 2. The molecular weight excluding hydrogens is 316 g/mol. The minimum Gasteiger partial charge on any atom is -0.506 e. The number of aromatic hydroxyl groups is 1. The number of halogens is 1. The number of para-hydroxylation sites is 1. The van der Waals surface area contributed by atoms with Gasteiger partial charge in [-0.05, 0) is 45.6 Å². The first-order chi connectivity index (χ1) is 10.8. The van der Waals surface area contributed by atoms with Gasteiger partial charge in [-0.25, -0.2) is 4.79 Å². The fraction of sp³-hybridized carbons (Fsp3) is 0.588. The topological polar surface area (TPSA) is 70.6 Å². The molecular formula is C17H25ClN2O3. The number of carbonyl (C=O) groups is 1. The van der Waals surface area contributed by atoms with E-state index in [4.69, 9.17) is 16.3 Å². The fourth-order valence-corrected chi connectivity index (χ4v) is 2.55. The van der Waals surface area contributed by atoms with Crippen molar-refractivity contribution in [3.8, 4) is 5.75 Å². The van der Waals surface area contributed by atoms with Crippen molar-refractivity contribution in [2.24, 2.45) is 5.92 Å². The predicted molar refractivity (Wildman–Crippen MR) is 90.7 cm³/mol. The number of carbonyl (C=O) groups excluding carboxylic acids is 1. The van der Waals surface area contributed by atoms with Crippen LogP contribution in [0.25, 0.3) is 0 Å². The van der Waals surface area contributed by atoms with Gasteiger partial charge in [-0.15, -0.1) is 0 Å². The summed E-state index contributed by atoms with van der Waals surface area (Å²) in [7, 11) is 0. The second-order valence-electron chi connectivity index (χ2n) is 6.96. The second-order valence-corrected chi connectivity index (χ2v) is 7.36. The third-order valence-corrected chi connectivity index (χ3v) is 3.99. The Morgan fingerprint density at radius 2 is 2.13 bits per heavy atom. The summed E-state index contributed by atoms with van der Waals surface area (Å²) in [5.74, 6) is 0.655. The van der Waals surface area contributed by atoms with E-state index in [9.17, 15) is 9.90 Å². The maximum atomic E-state index is 11.8. The lowest BCUT2D eigenvalue weighted by molar-refractivity contribution is 0.0521. The molecule has 3 N–H and O–H groups in total. The van der Waals surface area contributed by atoms with Crippen molar-refractivity contribution < 1.29 is 14.6 Å². The zero-order valence-corrected chi connectivity index (χ0v) is 14.6. The lowest BCUT2D eigenvalue weighted by Crippen LogP contribution is -2.43. The van der Waals surface area contributed by atoms with E-state index in [-0.39, 0.29) is 11.8 Å². The number of benzene rings is 1. The number of hydrogen-bond acceptors (Lipinski definition) is 4. The van der Waals surface area contributed by atoms with E-state index in [1.54, 1.807) is 6.07 Å². The Kier molecular flexibility index (Phi) is 5.76. The lowest BCUT2D eigenvalue weighted by Gasteiger charge is -2.23. The summed E-state index contributed by atoms with van der Waals surface area (Å²) in [4.78, 5) is 11.8. The van der Waals surface area contributed by atoms with Crippen molar-refractivity contribution in [2.45, 2.75) is 51.8 Å². The summed E-state index contributed by atoms with van der Waals surface area (Å²) in [5, 5.41) is 16.5. The van der Waals surface area contributed by atoms with Crippen LogP contribution in [0.15, 0.2) is 18.2 Å². The van der Waals surface area contributed by atoms with E-state index >= 15 is 0 Å². The molecule has 2 rings (SSSR count). The largest absolute Gasteiger partial charge is 0.506 e. The molecule has 1 aliphatic rings. The summed E-state index contributed by atoms with van der Waals surface area (Å²) in [6, 6.07) is 5.45. The lowest BCUT2D eigenvalue weighted by atomic mass is 10.1. The molecule has 128 valence electrons. The summed E-state index contributed by atoms with van der Waals surface area (Å²) < 4.78 is 5.25. The van der Waals surface area contributed by atoms with Crippen LogP contribution < -0.4 is 10.6 Å². The summed E-state index contributed by atoms with van der Waals surface area (Å²) in [5.41, 5.74) is 0.250. The highest BCUT2D eigenvalue weighted by Crippen LogP contribution is 2.33. The third-order valence-electron chi connectivity index (χ3n) is 3.68. The van der Waals surface area contributed by atoms with Gasteiger partial charge in [-0.1, -0.05) is 23.7 Å². The summed E-state index contributed by atoms with van der Waals surface area (Å²) in [6.07, 6.45) is 1.89. The fourth-order valence-electron chi connectivity index (χ4n) is 2.36. The Bertz CT molecular complexity index is 553. The SMILES string of the molecule is CC(C)(C)OC(=O)NCC(NCc1cccc(Cl)c1O)C1CC1. The summed E-state index contributed by atoms with van der Waals surface area (Å²) >= 11 is 5.92.